The molecule has 2 aromatic rings. The van der Waals surface area contributed by atoms with E-state index >= 15 is 0 Å². The average molecular weight is 283 g/mol. The monoisotopic (exact) mass is 283 g/mol. The third-order valence-electron chi connectivity index (χ3n) is 2.81. The van der Waals surface area contributed by atoms with Crippen molar-refractivity contribution in [2.75, 3.05) is 0 Å². The van der Waals surface area contributed by atoms with E-state index < -0.39 is 24.0 Å². The summed E-state index contributed by atoms with van der Waals surface area (Å²) in [7, 11) is 0. The van der Waals surface area contributed by atoms with Gasteiger partial charge in [-0.25, -0.2) is 4.39 Å². The Morgan fingerprint density at radius 2 is 1.80 bits per heavy atom. The number of aryl methyl sites for hydroxylation is 1. The van der Waals surface area contributed by atoms with Crippen LogP contribution in [0.25, 0.3) is 0 Å². The zero-order chi connectivity index (χ0) is 14.8. The average Bonchev–Trinajstić information content (AvgIpc) is 2.35. The molecule has 0 atom stereocenters. The Morgan fingerprint density at radius 3 is 2.45 bits per heavy atom. The van der Waals surface area contributed by atoms with Crippen LogP contribution in [0.1, 0.15) is 11.1 Å². The lowest BCUT2D eigenvalue weighted by atomic mass is 9.79. The molecule has 0 unspecified atom stereocenters. The minimum Gasteiger partial charge on any atom is -0.492 e. The quantitative estimate of drug-likeness (QED) is 0.613. The Hall–Kier alpha value is -1.98. The van der Waals surface area contributed by atoms with Gasteiger partial charge in [-0.2, -0.15) is 0 Å². The summed E-state index contributed by atoms with van der Waals surface area (Å²) in [4.78, 5) is 0. The molecule has 0 radical (unpaired) electrons. The van der Waals surface area contributed by atoms with Crippen molar-refractivity contribution in [2.24, 2.45) is 0 Å². The molecular weight excluding hydrogens is 271 g/mol. The fraction of sp³-hybridized carbons (Fsp3) is 0.143. The van der Waals surface area contributed by atoms with E-state index in [2.05, 4.69) is 0 Å². The van der Waals surface area contributed by atoms with Crippen molar-refractivity contribution in [3.8, 4) is 5.75 Å². The fourth-order valence-electron chi connectivity index (χ4n) is 1.87. The van der Waals surface area contributed by atoms with E-state index in [1.807, 2.05) is 13.0 Å². The van der Waals surface area contributed by atoms with Gasteiger partial charge in [-0.3, -0.25) is 0 Å². The molecule has 0 amide bonds. The standard InChI is InChI=1S/C14H12BF4O/c1-10-3-2-4-11(7-10)9-20-14-8-12(16)5-6-13(14)15(17,18)19/h2-8H,9H2,1H3/q-1. The Labute approximate surface area is 114 Å². The molecule has 2 rings (SSSR count). The van der Waals surface area contributed by atoms with Gasteiger partial charge in [0.25, 0.3) is 0 Å². The summed E-state index contributed by atoms with van der Waals surface area (Å²) in [6, 6.07) is 9.46. The van der Waals surface area contributed by atoms with E-state index in [1.165, 1.54) is 0 Å². The molecule has 0 fully saturated rings. The van der Waals surface area contributed by atoms with Crippen LogP contribution in [0.15, 0.2) is 42.5 Å². The van der Waals surface area contributed by atoms with Gasteiger partial charge in [-0.15, -0.1) is 0 Å². The highest BCUT2D eigenvalue weighted by Crippen LogP contribution is 2.20. The van der Waals surface area contributed by atoms with E-state index in [0.717, 1.165) is 23.3 Å². The molecule has 0 aliphatic heterocycles. The van der Waals surface area contributed by atoms with E-state index in [4.69, 9.17) is 4.74 Å². The molecule has 0 saturated heterocycles. The number of rotatable bonds is 4. The maximum Gasteiger partial charge on any atom is 0.513 e. The maximum atomic E-state index is 13.1. The Morgan fingerprint density at radius 1 is 1.05 bits per heavy atom. The second-order valence-electron chi connectivity index (χ2n) is 4.53. The number of hydrogen-bond acceptors (Lipinski definition) is 1. The van der Waals surface area contributed by atoms with Gasteiger partial charge < -0.3 is 17.7 Å². The Bertz CT molecular complexity index is 610. The minimum absolute atomic E-state index is 0.0374. The van der Waals surface area contributed by atoms with Crippen LogP contribution in [0.2, 0.25) is 0 Å². The van der Waals surface area contributed by atoms with Crippen molar-refractivity contribution >= 4 is 12.4 Å². The lowest BCUT2D eigenvalue weighted by Gasteiger charge is -2.20. The predicted molar refractivity (Wildman–Crippen MR) is 70.6 cm³/mol. The highest BCUT2D eigenvalue weighted by molar-refractivity contribution is 6.74. The summed E-state index contributed by atoms with van der Waals surface area (Å²) >= 11 is 0. The molecule has 2 aromatic carbocycles. The first-order chi connectivity index (χ1) is 9.36. The topological polar surface area (TPSA) is 9.23 Å². The van der Waals surface area contributed by atoms with Crippen LogP contribution in [0.3, 0.4) is 0 Å². The molecule has 106 valence electrons. The van der Waals surface area contributed by atoms with Gasteiger partial charge in [-0.1, -0.05) is 41.4 Å². The first-order valence-corrected chi connectivity index (χ1v) is 6.04. The summed E-state index contributed by atoms with van der Waals surface area (Å²) < 4.78 is 56.7. The van der Waals surface area contributed by atoms with Gasteiger partial charge in [0.1, 0.15) is 12.4 Å². The predicted octanol–water partition coefficient (Wildman–Crippen LogP) is 3.77. The van der Waals surface area contributed by atoms with Crippen LogP contribution in [-0.2, 0) is 6.61 Å². The van der Waals surface area contributed by atoms with Crippen LogP contribution in [-0.4, -0.2) is 6.98 Å². The highest BCUT2D eigenvalue weighted by atomic mass is 19.4. The second-order valence-corrected chi connectivity index (χ2v) is 4.53. The summed E-state index contributed by atoms with van der Waals surface area (Å²) in [6.07, 6.45) is 0. The van der Waals surface area contributed by atoms with Gasteiger partial charge in [0.05, 0.1) is 5.75 Å². The molecule has 0 saturated carbocycles. The second kappa shape index (κ2) is 5.57. The summed E-state index contributed by atoms with van der Waals surface area (Å²) in [5, 5.41) is 0. The Kier molecular flexibility index (Phi) is 4.02. The molecule has 0 aromatic heterocycles. The smallest absolute Gasteiger partial charge is 0.492 e. The van der Waals surface area contributed by atoms with Crippen LogP contribution in [0.5, 0.6) is 5.75 Å². The molecule has 0 N–H and O–H groups in total. The van der Waals surface area contributed by atoms with Crippen LogP contribution < -0.4 is 10.2 Å². The van der Waals surface area contributed by atoms with Crippen molar-refractivity contribution in [1.82, 2.24) is 0 Å². The van der Waals surface area contributed by atoms with Crippen LogP contribution >= 0.6 is 0 Å². The third kappa shape index (κ3) is 3.53. The summed E-state index contributed by atoms with van der Waals surface area (Å²) in [6.45, 7) is -3.40. The van der Waals surface area contributed by atoms with Crippen molar-refractivity contribution < 1.29 is 22.1 Å². The van der Waals surface area contributed by atoms with Crippen LogP contribution in [0.4, 0.5) is 17.3 Å². The molecule has 0 heterocycles. The molecule has 20 heavy (non-hydrogen) atoms. The molecule has 0 spiro atoms. The van der Waals surface area contributed by atoms with Crippen molar-refractivity contribution in [3.63, 3.8) is 0 Å². The SMILES string of the molecule is Cc1cccc(COc2cc(F)ccc2[B-](F)(F)F)c1. The maximum absolute atomic E-state index is 13.1. The van der Waals surface area contributed by atoms with Crippen LogP contribution in [0, 0.1) is 12.7 Å². The molecule has 1 nitrogen and oxygen atoms in total. The first-order valence-electron chi connectivity index (χ1n) is 6.04. The van der Waals surface area contributed by atoms with Gasteiger partial charge >= 0.3 is 6.98 Å². The third-order valence-corrected chi connectivity index (χ3v) is 2.81. The van der Waals surface area contributed by atoms with Gasteiger partial charge in [-0.05, 0) is 18.6 Å². The molecule has 6 heteroatoms. The lowest BCUT2D eigenvalue weighted by molar-refractivity contribution is 0.305. The number of ether oxygens (including phenoxy) is 1. The largest absolute Gasteiger partial charge is 0.513 e. The molecule has 0 aliphatic carbocycles. The zero-order valence-electron chi connectivity index (χ0n) is 10.7. The first kappa shape index (κ1) is 14.4. The Balaban J connectivity index is 2.22. The molecule has 0 aliphatic rings. The highest BCUT2D eigenvalue weighted by Gasteiger charge is 2.29. The molecule has 0 bridgehead atoms. The summed E-state index contributed by atoms with van der Waals surface area (Å²) in [5.41, 5.74) is 0.791. The van der Waals surface area contributed by atoms with E-state index in [1.54, 1.807) is 18.2 Å². The van der Waals surface area contributed by atoms with E-state index in [0.29, 0.717) is 6.07 Å². The molecular formula is C14H12BF4O-. The fourth-order valence-corrected chi connectivity index (χ4v) is 1.87. The minimum atomic E-state index is -5.23. The van der Waals surface area contributed by atoms with E-state index in [9.17, 15) is 17.3 Å². The van der Waals surface area contributed by atoms with Crippen molar-refractivity contribution in [2.45, 2.75) is 13.5 Å². The van der Waals surface area contributed by atoms with Gasteiger partial charge in [0.2, 0.25) is 0 Å². The van der Waals surface area contributed by atoms with E-state index in [-0.39, 0.29) is 6.61 Å². The number of halogens is 4. The zero-order valence-corrected chi connectivity index (χ0v) is 10.7. The van der Waals surface area contributed by atoms with Crippen molar-refractivity contribution in [1.29, 1.82) is 0 Å². The summed E-state index contributed by atoms with van der Waals surface area (Å²) in [5.74, 6) is -1.23. The number of benzene rings is 2. The number of hydrogen-bond donors (Lipinski definition) is 0. The normalized spacial score (nSPS) is 11.4. The lowest BCUT2D eigenvalue weighted by Crippen LogP contribution is -2.35. The van der Waals surface area contributed by atoms with Gasteiger partial charge in [0.15, 0.2) is 0 Å². The van der Waals surface area contributed by atoms with Crippen molar-refractivity contribution in [3.05, 3.63) is 59.4 Å². The van der Waals surface area contributed by atoms with Gasteiger partial charge in [0, 0.05) is 6.07 Å².